The van der Waals surface area contributed by atoms with Crippen molar-refractivity contribution in [3.05, 3.63) is 36.0 Å². The van der Waals surface area contributed by atoms with Crippen LogP contribution in [0.4, 0.5) is 0 Å². The molecule has 1 aliphatic heterocycles. The first-order valence-corrected chi connectivity index (χ1v) is 10.4. The van der Waals surface area contributed by atoms with Gasteiger partial charge in [-0.1, -0.05) is 18.2 Å². The van der Waals surface area contributed by atoms with Crippen molar-refractivity contribution in [2.75, 3.05) is 18.1 Å². The van der Waals surface area contributed by atoms with Gasteiger partial charge < -0.3 is 14.6 Å². The summed E-state index contributed by atoms with van der Waals surface area (Å²) in [5.41, 5.74) is 1.09. The molecule has 1 aromatic carbocycles. The average Bonchev–Trinajstić information content (AvgIpc) is 3.18. The number of carbonyl (C=O) groups excluding carboxylic acids is 2. The maximum atomic E-state index is 12.7. The number of nitrogens with zero attached hydrogens (tertiary/aromatic N) is 1. The van der Waals surface area contributed by atoms with Gasteiger partial charge in [0.25, 0.3) is 5.91 Å². The quantitative estimate of drug-likeness (QED) is 0.800. The van der Waals surface area contributed by atoms with Crippen LogP contribution in [0.5, 0.6) is 0 Å². The standard InChI is InChI=1S/C18H22N2O5S/c1-3-20(14-8-9-26(23,24)11-14)17(21)12(2)25-18(22)16-10-13-6-4-5-7-15(13)19-16/h4-7,10,12,14,19H,3,8-9,11H2,1-2H3. The predicted octanol–water partition coefficient (Wildman–Crippen LogP) is 1.75. The molecule has 2 aromatic rings. The monoisotopic (exact) mass is 378 g/mol. The van der Waals surface area contributed by atoms with Gasteiger partial charge in [-0.15, -0.1) is 0 Å². The Labute approximate surface area is 152 Å². The highest BCUT2D eigenvalue weighted by molar-refractivity contribution is 7.91. The molecular formula is C18H22N2O5S. The Bertz CT molecular complexity index is 901. The molecule has 2 heterocycles. The highest BCUT2D eigenvalue weighted by Gasteiger charge is 2.36. The average molecular weight is 378 g/mol. The molecule has 1 fully saturated rings. The summed E-state index contributed by atoms with van der Waals surface area (Å²) in [5, 5.41) is 0.879. The van der Waals surface area contributed by atoms with Gasteiger partial charge in [0.05, 0.1) is 11.5 Å². The van der Waals surface area contributed by atoms with Crippen LogP contribution in [0.25, 0.3) is 10.9 Å². The fourth-order valence-electron chi connectivity index (χ4n) is 3.31. The predicted molar refractivity (Wildman–Crippen MR) is 97.6 cm³/mol. The number of carbonyl (C=O) groups is 2. The second kappa shape index (κ2) is 7.11. The number of likely N-dealkylation sites (N-methyl/N-ethyl adjacent to an activating group) is 1. The first-order valence-electron chi connectivity index (χ1n) is 8.60. The molecule has 140 valence electrons. The fraction of sp³-hybridized carbons (Fsp3) is 0.444. The highest BCUT2D eigenvalue weighted by Crippen LogP contribution is 2.20. The normalized spacial score (nSPS) is 20.0. The summed E-state index contributed by atoms with van der Waals surface area (Å²) in [6.07, 6.45) is -0.568. The Morgan fingerprint density at radius 2 is 2.08 bits per heavy atom. The molecule has 8 heteroatoms. The number of para-hydroxylation sites is 1. The van der Waals surface area contributed by atoms with Crippen molar-refractivity contribution in [2.45, 2.75) is 32.4 Å². The van der Waals surface area contributed by atoms with E-state index in [1.165, 1.54) is 11.8 Å². The van der Waals surface area contributed by atoms with Crippen molar-refractivity contribution < 1.29 is 22.7 Å². The summed E-state index contributed by atoms with van der Waals surface area (Å²) < 4.78 is 28.7. The maximum absolute atomic E-state index is 12.7. The first-order chi connectivity index (χ1) is 12.3. The van der Waals surface area contributed by atoms with Crippen molar-refractivity contribution >= 4 is 32.6 Å². The minimum absolute atomic E-state index is 0.0325. The number of benzene rings is 1. The molecule has 1 saturated heterocycles. The van der Waals surface area contributed by atoms with Crippen molar-refractivity contribution in [1.29, 1.82) is 0 Å². The summed E-state index contributed by atoms with van der Waals surface area (Å²) in [6, 6.07) is 8.76. The fourth-order valence-corrected chi connectivity index (χ4v) is 5.04. The van der Waals surface area contributed by atoms with Crippen LogP contribution >= 0.6 is 0 Å². The molecule has 26 heavy (non-hydrogen) atoms. The van der Waals surface area contributed by atoms with Crippen LogP contribution in [0, 0.1) is 0 Å². The molecule has 1 aromatic heterocycles. The van der Waals surface area contributed by atoms with E-state index in [9.17, 15) is 18.0 Å². The zero-order valence-corrected chi connectivity index (χ0v) is 15.6. The number of esters is 1. The maximum Gasteiger partial charge on any atom is 0.355 e. The number of sulfone groups is 1. The minimum atomic E-state index is -3.10. The van der Waals surface area contributed by atoms with Crippen LogP contribution in [0.1, 0.15) is 30.8 Å². The number of ether oxygens (including phenoxy) is 1. The third kappa shape index (κ3) is 3.75. The third-order valence-corrected chi connectivity index (χ3v) is 6.40. The minimum Gasteiger partial charge on any atom is -0.448 e. The number of aromatic amines is 1. The van der Waals surface area contributed by atoms with Crippen molar-refractivity contribution in [1.82, 2.24) is 9.88 Å². The first kappa shape index (κ1) is 18.4. The molecule has 3 rings (SSSR count). The Hall–Kier alpha value is -2.35. The molecule has 1 amide bonds. The van der Waals surface area contributed by atoms with Gasteiger partial charge in [0.15, 0.2) is 15.9 Å². The highest BCUT2D eigenvalue weighted by atomic mass is 32.2. The summed E-state index contributed by atoms with van der Waals surface area (Å²) in [5.74, 6) is -0.934. The van der Waals surface area contributed by atoms with E-state index in [1.54, 1.807) is 13.0 Å². The van der Waals surface area contributed by atoms with Crippen molar-refractivity contribution in [3.8, 4) is 0 Å². The molecule has 1 N–H and O–H groups in total. The summed E-state index contributed by atoms with van der Waals surface area (Å²) >= 11 is 0. The lowest BCUT2D eigenvalue weighted by Gasteiger charge is -2.29. The van der Waals surface area contributed by atoms with Gasteiger partial charge in [-0.25, -0.2) is 13.2 Å². The zero-order valence-electron chi connectivity index (χ0n) is 14.8. The number of nitrogens with one attached hydrogen (secondary N) is 1. The molecular weight excluding hydrogens is 356 g/mol. The molecule has 0 aliphatic carbocycles. The number of H-pyrrole nitrogens is 1. The van der Waals surface area contributed by atoms with E-state index in [0.29, 0.717) is 13.0 Å². The molecule has 0 bridgehead atoms. The van der Waals surface area contributed by atoms with Crippen LogP contribution in [0.3, 0.4) is 0 Å². The summed E-state index contributed by atoms with van der Waals surface area (Å²) in [7, 11) is -3.10. The molecule has 0 spiro atoms. The Morgan fingerprint density at radius 3 is 2.69 bits per heavy atom. The topological polar surface area (TPSA) is 96.5 Å². The number of hydrogen-bond acceptors (Lipinski definition) is 5. The van der Waals surface area contributed by atoms with Gasteiger partial charge in [-0.2, -0.15) is 0 Å². The largest absolute Gasteiger partial charge is 0.448 e. The lowest BCUT2D eigenvalue weighted by atomic mass is 10.2. The molecule has 0 radical (unpaired) electrons. The zero-order chi connectivity index (χ0) is 18.9. The van der Waals surface area contributed by atoms with Gasteiger partial charge in [0, 0.05) is 23.5 Å². The molecule has 7 nitrogen and oxygen atoms in total. The lowest BCUT2D eigenvalue weighted by Crippen LogP contribution is -2.46. The van der Waals surface area contributed by atoms with Gasteiger partial charge >= 0.3 is 5.97 Å². The molecule has 1 aliphatic rings. The van der Waals surface area contributed by atoms with E-state index in [4.69, 9.17) is 4.74 Å². The molecule has 0 saturated carbocycles. The Kier molecular flexibility index (Phi) is 5.04. The van der Waals surface area contributed by atoms with Gasteiger partial charge in [0.1, 0.15) is 5.69 Å². The molecule has 2 atom stereocenters. The van der Waals surface area contributed by atoms with E-state index in [0.717, 1.165) is 10.9 Å². The van der Waals surface area contributed by atoms with Gasteiger partial charge in [0.2, 0.25) is 0 Å². The number of fused-ring (bicyclic) bond motifs is 1. The van der Waals surface area contributed by atoms with Crippen LogP contribution in [-0.2, 0) is 19.4 Å². The van der Waals surface area contributed by atoms with Gasteiger partial charge in [-0.3, -0.25) is 4.79 Å². The Balaban J connectivity index is 1.68. The van der Waals surface area contributed by atoms with Crippen LogP contribution in [-0.4, -0.2) is 60.4 Å². The van der Waals surface area contributed by atoms with Crippen molar-refractivity contribution in [3.63, 3.8) is 0 Å². The van der Waals surface area contributed by atoms with E-state index >= 15 is 0 Å². The SMILES string of the molecule is CCN(C(=O)C(C)OC(=O)c1cc2ccccc2[nH]1)C1CCS(=O)(=O)C1. The summed E-state index contributed by atoms with van der Waals surface area (Å²) in [6.45, 7) is 3.66. The second-order valence-electron chi connectivity index (χ2n) is 6.50. The smallest absolute Gasteiger partial charge is 0.355 e. The van der Waals surface area contributed by atoms with E-state index in [1.807, 2.05) is 24.3 Å². The lowest BCUT2D eigenvalue weighted by molar-refractivity contribution is -0.141. The number of rotatable bonds is 5. The van der Waals surface area contributed by atoms with E-state index in [2.05, 4.69) is 4.98 Å². The number of aromatic nitrogens is 1. The molecule has 2 unspecified atom stereocenters. The van der Waals surface area contributed by atoms with E-state index < -0.39 is 21.9 Å². The van der Waals surface area contributed by atoms with Gasteiger partial charge in [-0.05, 0) is 32.4 Å². The number of hydrogen-bond donors (Lipinski definition) is 1. The third-order valence-electron chi connectivity index (χ3n) is 4.65. The number of amides is 1. The van der Waals surface area contributed by atoms with Crippen LogP contribution in [0.2, 0.25) is 0 Å². The van der Waals surface area contributed by atoms with Crippen LogP contribution in [0.15, 0.2) is 30.3 Å². The Morgan fingerprint density at radius 1 is 1.35 bits per heavy atom. The van der Waals surface area contributed by atoms with E-state index in [-0.39, 0.29) is 29.1 Å². The van der Waals surface area contributed by atoms with Crippen LogP contribution < -0.4 is 0 Å². The second-order valence-corrected chi connectivity index (χ2v) is 8.73. The van der Waals surface area contributed by atoms with Crippen molar-refractivity contribution in [2.24, 2.45) is 0 Å². The summed E-state index contributed by atoms with van der Waals surface area (Å²) in [4.78, 5) is 29.5.